The molecule has 0 radical (unpaired) electrons. The van der Waals surface area contributed by atoms with Gasteiger partial charge in [0.25, 0.3) is 0 Å². The summed E-state index contributed by atoms with van der Waals surface area (Å²) in [7, 11) is -3.77. The summed E-state index contributed by atoms with van der Waals surface area (Å²) in [6.07, 6.45) is 0. The monoisotopic (exact) mass is 702 g/mol. The van der Waals surface area contributed by atoms with Crippen molar-refractivity contribution in [2.24, 2.45) is 5.92 Å². The standard InChI is InChI=1S/C39H50N4O4S2/c1-28-19-30(3)38(31(4)20-28)46-47-48-41-37-27-43(25-35-15-11-8-12-16-35)18-17-42(24-34-13-9-7-10-14-34)26-36(37)23-40-49(44,45)39-32(5)21-29(2)22-33(39)6/h7-16,19-22,36-37,40-41H,17-18,23-27H2,1-6H3/t36-,37-/m0/s1. The first-order chi connectivity index (χ1) is 23.5. The van der Waals surface area contributed by atoms with Crippen LogP contribution in [0.15, 0.2) is 89.8 Å². The van der Waals surface area contributed by atoms with Crippen LogP contribution in [-0.4, -0.2) is 57.0 Å². The fourth-order valence-corrected chi connectivity index (χ4v) is 9.05. The van der Waals surface area contributed by atoms with Crippen molar-refractivity contribution in [3.8, 4) is 5.75 Å². The van der Waals surface area contributed by atoms with Gasteiger partial charge in [0.05, 0.1) is 4.90 Å². The van der Waals surface area contributed by atoms with Crippen molar-refractivity contribution in [2.75, 3.05) is 32.7 Å². The summed E-state index contributed by atoms with van der Waals surface area (Å²) in [6, 6.07) is 28.8. The highest BCUT2D eigenvalue weighted by Gasteiger charge is 2.31. The average Bonchev–Trinajstić information content (AvgIpc) is 3.03. The highest BCUT2D eigenvalue weighted by Crippen LogP contribution is 2.27. The van der Waals surface area contributed by atoms with Crippen LogP contribution in [0.3, 0.4) is 0 Å². The maximum absolute atomic E-state index is 13.9. The van der Waals surface area contributed by atoms with Crippen LogP contribution in [0, 0.1) is 47.5 Å². The molecule has 262 valence electrons. The number of sulfonamides is 1. The number of benzene rings is 4. The van der Waals surface area contributed by atoms with E-state index in [0.29, 0.717) is 23.7 Å². The molecule has 0 amide bonds. The van der Waals surface area contributed by atoms with Crippen molar-refractivity contribution in [1.29, 1.82) is 0 Å². The molecule has 0 bridgehead atoms. The summed E-state index contributed by atoms with van der Waals surface area (Å²) in [5.74, 6) is 0.604. The second kappa shape index (κ2) is 17.1. The molecule has 10 heteroatoms. The molecule has 1 aliphatic heterocycles. The van der Waals surface area contributed by atoms with E-state index in [1.807, 2.05) is 58.9 Å². The number of rotatable bonds is 13. The third-order valence-corrected chi connectivity index (χ3v) is 11.4. The van der Waals surface area contributed by atoms with Crippen molar-refractivity contribution < 1.29 is 17.6 Å². The fraction of sp³-hybridized carbons (Fsp3) is 0.385. The largest absolute Gasteiger partial charge is 0.324 e. The molecule has 5 rings (SSSR count). The second-order valence-electron chi connectivity index (χ2n) is 13.5. The van der Waals surface area contributed by atoms with Crippen LogP contribution in [0.5, 0.6) is 5.75 Å². The van der Waals surface area contributed by atoms with Gasteiger partial charge in [0, 0.05) is 57.8 Å². The number of hydrogen-bond acceptors (Lipinski definition) is 8. The number of nitrogens with one attached hydrogen (secondary N) is 2. The van der Waals surface area contributed by atoms with E-state index in [1.165, 1.54) is 16.7 Å². The Labute approximate surface area is 297 Å². The van der Waals surface area contributed by atoms with Crippen molar-refractivity contribution >= 4 is 22.3 Å². The molecule has 8 nitrogen and oxygen atoms in total. The minimum atomic E-state index is -3.77. The van der Waals surface area contributed by atoms with Gasteiger partial charge in [-0.2, -0.15) is 0 Å². The van der Waals surface area contributed by atoms with Crippen LogP contribution in [0.25, 0.3) is 0 Å². The molecular formula is C39H50N4O4S2. The average molecular weight is 703 g/mol. The fourth-order valence-electron chi connectivity index (χ4n) is 6.97. The molecule has 0 saturated carbocycles. The molecule has 1 aliphatic rings. The molecule has 1 heterocycles. The summed E-state index contributed by atoms with van der Waals surface area (Å²) in [5.41, 5.74) is 8.18. The van der Waals surface area contributed by atoms with Crippen LogP contribution in [-0.2, 0) is 27.4 Å². The lowest BCUT2D eigenvalue weighted by atomic mass is 9.97. The van der Waals surface area contributed by atoms with Crippen LogP contribution in [0.4, 0.5) is 0 Å². The molecular weight excluding hydrogens is 653 g/mol. The van der Waals surface area contributed by atoms with Crippen LogP contribution in [0.2, 0.25) is 0 Å². The van der Waals surface area contributed by atoms with Gasteiger partial charge < -0.3 is 4.89 Å². The minimum absolute atomic E-state index is 0.0953. The molecule has 4 aromatic carbocycles. The van der Waals surface area contributed by atoms with Gasteiger partial charge in [0.2, 0.25) is 10.0 Å². The van der Waals surface area contributed by atoms with E-state index in [-0.39, 0.29) is 18.5 Å². The number of hydrogen-bond donors (Lipinski definition) is 2. The third-order valence-electron chi connectivity index (χ3n) is 9.11. The van der Waals surface area contributed by atoms with E-state index in [9.17, 15) is 8.42 Å². The lowest BCUT2D eigenvalue weighted by molar-refractivity contribution is -0.0806. The maximum atomic E-state index is 13.9. The zero-order valence-electron chi connectivity index (χ0n) is 29.5. The molecule has 1 saturated heterocycles. The van der Waals surface area contributed by atoms with Crippen molar-refractivity contribution in [2.45, 2.75) is 65.6 Å². The predicted molar refractivity (Wildman–Crippen MR) is 200 cm³/mol. The molecule has 0 unspecified atom stereocenters. The summed E-state index contributed by atoms with van der Waals surface area (Å²) >= 11 is 1.05. The Kier molecular flexibility index (Phi) is 13.0. The van der Waals surface area contributed by atoms with E-state index in [0.717, 1.165) is 66.2 Å². The molecule has 0 aromatic heterocycles. The first-order valence-electron chi connectivity index (χ1n) is 16.9. The second-order valence-corrected chi connectivity index (χ2v) is 15.7. The Balaban J connectivity index is 1.40. The summed E-state index contributed by atoms with van der Waals surface area (Å²) in [4.78, 5) is 11.0. The smallest absolute Gasteiger partial charge is 0.241 e. The van der Waals surface area contributed by atoms with E-state index in [4.69, 9.17) is 9.22 Å². The highest BCUT2D eigenvalue weighted by molar-refractivity contribution is 7.92. The molecule has 2 atom stereocenters. The zero-order chi connectivity index (χ0) is 35.0. The Hall–Kier alpha value is -3.22. The SMILES string of the molecule is Cc1cc(C)c(OOSN[C@H]2CN(Cc3ccccc3)CCN(Cc3ccccc3)C[C@@H]2CNS(=O)(=O)c2c(C)cc(C)cc2C)c(C)c1. The molecule has 0 aliphatic carbocycles. The van der Waals surface area contributed by atoms with Crippen LogP contribution < -0.4 is 14.3 Å². The molecule has 4 aromatic rings. The van der Waals surface area contributed by atoms with Gasteiger partial charge >= 0.3 is 0 Å². The normalized spacial score (nSPS) is 17.8. The Bertz CT molecular complexity index is 1740. The number of aryl methyl sites for hydroxylation is 6. The summed E-state index contributed by atoms with van der Waals surface area (Å²) in [6.45, 7) is 16.7. The Morgan fingerprint density at radius 3 is 1.73 bits per heavy atom. The molecule has 0 spiro atoms. The molecule has 49 heavy (non-hydrogen) atoms. The third kappa shape index (κ3) is 10.4. The van der Waals surface area contributed by atoms with Gasteiger partial charge in [-0.3, -0.25) is 9.80 Å². The summed E-state index contributed by atoms with van der Waals surface area (Å²) < 4.78 is 40.0. The van der Waals surface area contributed by atoms with Crippen molar-refractivity contribution in [3.63, 3.8) is 0 Å². The van der Waals surface area contributed by atoms with Crippen molar-refractivity contribution in [3.05, 3.63) is 129 Å². The van der Waals surface area contributed by atoms with Gasteiger partial charge in [-0.05, 0) is 74.9 Å². The molecule has 2 N–H and O–H groups in total. The van der Waals surface area contributed by atoms with Crippen LogP contribution >= 0.6 is 12.2 Å². The van der Waals surface area contributed by atoms with Crippen LogP contribution in [0.1, 0.15) is 44.5 Å². The molecule has 1 fully saturated rings. The lowest BCUT2D eigenvalue weighted by Crippen LogP contribution is -2.54. The quantitative estimate of drug-likeness (QED) is 0.0508. The predicted octanol–water partition coefficient (Wildman–Crippen LogP) is 6.98. The van der Waals surface area contributed by atoms with E-state index in [2.05, 4.69) is 86.8 Å². The zero-order valence-corrected chi connectivity index (χ0v) is 31.2. The van der Waals surface area contributed by atoms with E-state index >= 15 is 0 Å². The van der Waals surface area contributed by atoms with E-state index < -0.39 is 10.0 Å². The first-order valence-corrected chi connectivity index (χ1v) is 19.1. The number of nitrogens with zero attached hydrogens (tertiary/aromatic N) is 2. The van der Waals surface area contributed by atoms with Gasteiger partial charge in [0.15, 0.2) is 5.75 Å². The van der Waals surface area contributed by atoms with Gasteiger partial charge in [-0.1, -0.05) is 100 Å². The van der Waals surface area contributed by atoms with Gasteiger partial charge in [0.1, 0.15) is 12.2 Å². The maximum Gasteiger partial charge on any atom is 0.241 e. The Morgan fingerprint density at radius 1 is 0.714 bits per heavy atom. The minimum Gasteiger partial charge on any atom is -0.324 e. The Morgan fingerprint density at radius 2 is 1.20 bits per heavy atom. The van der Waals surface area contributed by atoms with Gasteiger partial charge in [-0.25, -0.2) is 17.9 Å². The lowest BCUT2D eigenvalue weighted by Gasteiger charge is -2.39. The topological polar surface area (TPSA) is 83.1 Å². The van der Waals surface area contributed by atoms with E-state index in [1.54, 1.807) is 0 Å². The first kappa shape index (κ1) is 37.0. The van der Waals surface area contributed by atoms with Gasteiger partial charge in [-0.15, -0.1) is 0 Å². The highest BCUT2D eigenvalue weighted by atomic mass is 32.2. The van der Waals surface area contributed by atoms with Crippen molar-refractivity contribution in [1.82, 2.24) is 19.2 Å². The summed E-state index contributed by atoms with van der Waals surface area (Å²) in [5, 5.41) is 0.